The fraction of sp³-hybridized carbons (Fsp3) is 0.625. The van der Waals surface area contributed by atoms with Gasteiger partial charge in [-0.15, -0.1) is 0 Å². The molecule has 4 heterocycles. The van der Waals surface area contributed by atoms with E-state index in [0.29, 0.717) is 11.5 Å². The zero-order chi connectivity index (χ0) is 19.6. The predicted molar refractivity (Wildman–Crippen MR) is 91.7 cm³/mol. The molecule has 4 N–H and O–H groups in total. The van der Waals surface area contributed by atoms with Gasteiger partial charge in [-0.2, -0.15) is 0 Å². The Kier molecular flexibility index (Phi) is 3.89. The molecule has 3 unspecified atom stereocenters. The van der Waals surface area contributed by atoms with Gasteiger partial charge in [-0.05, 0) is 13.8 Å². The zero-order valence-corrected chi connectivity index (χ0v) is 14.8. The molecule has 11 heteroatoms. The Bertz CT molecular complexity index is 848. The highest BCUT2D eigenvalue weighted by molar-refractivity contribution is 6.10. The number of rotatable bonds is 3. The zero-order valence-electron chi connectivity index (χ0n) is 14.8. The van der Waals surface area contributed by atoms with Crippen LogP contribution in [0.1, 0.15) is 38.6 Å². The van der Waals surface area contributed by atoms with E-state index < -0.39 is 35.7 Å². The first-order valence-corrected chi connectivity index (χ1v) is 8.57. The molecule has 146 valence electrons. The topological polar surface area (TPSA) is 153 Å². The van der Waals surface area contributed by atoms with Gasteiger partial charge in [0.15, 0.2) is 22.9 Å². The number of hydrogen-bond donors (Lipinski definition) is 4. The first-order valence-electron chi connectivity index (χ1n) is 8.57. The number of imidazole rings is 1. The van der Waals surface area contributed by atoms with Crippen LogP contribution in [0, 0.1) is 0 Å². The van der Waals surface area contributed by atoms with Crippen molar-refractivity contribution < 1.29 is 30.0 Å². The van der Waals surface area contributed by atoms with Crippen molar-refractivity contribution in [2.24, 2.45) is 9.98 Å². The maximum absolute atomic E-state index is 11.7. The number of aromatic nitrogens is 2. The monoisotopic (exact) mass is 379 g/mol. The second-order valence-electron chi connectivity index (χ2n) is 7.46. The van der Waals surface area contributed by atoms with Crippen molar-refractivity contribution in [3.05, 3.63) is 12.0 Å². The van der Waals surface area contributed by atoms with E-state index in [0.717, 1.165) is 0 Å². The van der Waals surface area contributed by atoms with E-state index in [2.05, 4.69) is 15.0 Å². The number of carboxylic acid groups (broad SMARTS) is 1. The summed E-state index contributed by atoms with van der Waals surface area (Å²) in [7, 11) is 0. The van der Waals surface area contributed by atoms with Crippen LogP contribution in [0.15, 0.2) is 16.3 Å². The van der Waals surface area contributed by atoms with Crippen LogP contribution in [-0.2, 0) is 9.53 Å². The number of carboxylic acids is 1. The van der Waals surface area contributed by atoms with Crippen LogP contribution >= 0.6 is 0 Å². The van der Waals surface area contributed by atoms with Gasteiger partial charge in [0.2, 0.25) is 0 Å². The maximum Gasteiger partial charge on any atom is 0.331 e. The third-order valence-electron chi connectivity index (χ3n) is 5.21. The molecule has 1 aromatic heterocycles. The summed E-state index contributed by atoms with van der Waals surface area (Å²) >= 11 is 0. The minimum atomic E-state index is -1.51. The number of amidine groups is 1. The molecule has 0 bridgehead atoms. The third-order valence-corrected chi connectivity index (χ3v) is 5.21. The summed E-state index contributed by atoms with van der Waals surface area (Å²) in [6, 6.07) is 0. The molecule has 27 heavy (non-hydrogen) atoms. The Hall–Kier alpha value is -2.34. The Labute approximate surface area is 154 Å². The van der Waals surface area contributed by atoms with E-state index in [1.807, 2.05) is 0 Å². The number of ether oxygens (including phenoxy) is 1. The molecule has 1 saturated heterocycles. The minimum Gasteiger partial charge on any atom is -0.479 e. The van der Waals surface area contributed by atoms with Crippen LogP contribution in [0.4, 0.5) is 5.82 Å². The average molecular weight is 379 g/mol. The number of aliphatic hydroxyl groups is 3. The summed E-state index contributed by atoms with van der Waals surface area (Å²) < 4.78 is 7.24. The van der Waals surface area contributed by atoms with Gasteiger partial charge in [0, 0.05) is 12.8 Å². The van der Waals surface area contributed by atoms with Crippen LogP contribution in [0.25, 0.3) is 0 Å². The van der Waals surface area contributed by atoms with E-state index >= 15 is 0 Å². The van der Waals surface area contributed by atoms with Crippen LogP contribution in [-0.4, -0.2) is 83.1 Å². The summed E-state index contributed by atoms with van der Waals surface area (Å²) in [6.07, 6.45) is 0.904. The van der Waals surface area contributed by atoms with Crippen LogP contribution < -0.4 is 0 Å². The van der Waals surface area contributed by atoms with E-state index in [-0.39, 0.29) is 25.3 Å². The van der Waals surface area contributed by atoms with E-state index in [4.69, 9.17) is 4.74 Å². The molecule has 3 aliphatic rings. The summed E-state index contributed by atoms with van der Waals surface area (Å²) in [5.41, 5.74) is -2.70. The maximum atomic E-state index is 11.7. The largest absolute Gasteiger partial charge is 0.479 e. The van der Waals surface area contributed by atoms with Crippen molar-refractivity contribution in [3.63, 3.8) is 0 Å². The highest BCUT2D eigenvalue weighted by atomic mass is 16.5. The molecule has 1 aromatic rings. The van der Waals surface area contributed by atoms with Crippen molar-refractivity contribution in [2.45, 2.75) is 56.4 Å². The molecule has 11 nitrogen and oxygen atoms in total. The van der Waals surface area contributed by atoms with E-state index in [9.17, 15) is 25.2 Å². The molecule has 0 radical (unpaired) electrons. The summed E-state index contributed by atoms with van der Waals surface area (Å²) in [4.78, 5) is 26.1. The Morgan fingerprint density at radius 1 is 1.44 bits per heavy atom. The van der Waals surface area contributed by atoms with Crippen molar-refractivity contribution in [1.82, 2.24) is 14.5 Å². The Balaban J connectivity index is 1.76. The second-order valence-corrected chi connectivity index (χ2v) is 7.46. The predicted octanol–water partition coefficient (Wildman–Crippen LogP) is -0.799. The number of aliphatic imine (C=N–C) groups is 2. The van der Waals surface area contributed by atoms with Gasteiger partial charge < -0.3 is 25.2 Å². The highest BCUT2D eigenvalue weighted by Crippen LogP contribution is 2.40. The average Bonchev–Trinajstić information content (AvgIpc) is 3.16. The van der Waals surface area contributed by atoms with Crippen molar-refractivity contribution >= 4 is 24.0 Å². The first kappa shape index (κ1) is 18.0. The van der Waals surface area contributed by atoms with Gasteiger partial charge >= 0.3 is 5.97 Å². The van der Waals surface area contributed by atoms with Crippen molar-refractivity contribution in [1.29, 1.82) is 0 Å². The molecule has 1 fully saturated rings. The van der Waals surface area contributed by atoms with E-state index in [1.54, 1.807) is 4.57 Å². The van der Waals surface area contributed by atoms with Gasteiger partial charge in [-0.1, -0.05) is 0 Å². The number of carbonyl (C=O) groups is 1. The number of nitrogens with zero attached hydrogens (tertiary/aromatic N) is 5. The number of aliphatic hydroxyl groups excluding tert-OH is 2. The third kappa shape index (κ3) is 2.65. The van der Waals surface area contributed by atoms with Gasteiger partial charge in [0.1, 0.15) is 24.4 Å². The first-order chi connectivity index (χ1) is 12.7. The number of fused-ring (bicyclic) bond motifs is 3. The fourth-order valence-electron chi connectivity index (χ4n) is 3.78. The normalized spacial score (nSPS) is 37.7. The van der Waals surface area contributed by atoms with Gasteiger partial charge in [-0.25, -0.2) is 19.8 Å². The lowest BCUT2D eigenvalue weighted by molar-refractivity contribution is -0.148. The fourth-order valence-corrected chi connectivity index (χ4v) is 3.78. The molecular weight excluding hydrogens is 358 g/mol. The summed E-state index contributed by atoms with van der Waals surface area (Å²) in [5, 5.41) is 39.6. The van der Waals surface area contributed by atoms with Crippen LogP contribution in [0.2, 0.25) is 0 Å². The van der Waals surface area contributed by atoms with Gasteiger partial charge in [0.05, 0.1) is 19.0 Å². The molecule has 0 saturated carbocycles. The molecule has 0 spiro atoms. The molecule has 0 amide bonds. The van der Waals surface area contributed by atoms with Crippen molar-refractivity contribution in [3.8, 4) is 0 Å². The standard InChI is InChI=1S/C16H21N5O6/c1-15(14(24)25)5-16(2,26)21-7-18-12-11(13(21)19-15)17-6-20(12)10-3-8(23)9(4-22)27-10/h6-10,22-23,26H,3-5H2,1-2H3,(H,24,25)/t8?,9?,10?,15-,16+/m0/s1. The number of aliphatic carboxylic acids is 1. The molecule has 0 aromatic carbocycles. The molecular formula is C16H21N5O6. The lowest BCUT2D eigenvalue weighted by Gasteiger charge is -2.44. The lowest BCUT2D eigenvalue weighted by Crippen LogP contribution is -2.59. The van der Waals surface area contributed by atoms with Gasteiger partial charge in [0.25, 0.3) is 0 Å². The van der Waals surface area contributed by atoms with Gasteiger partial charge in [-0.3, -0.25) is 9.47 Å². The quantitative estimate of drug-likeness (QED) is 0.532. The molecule has 4 rings (SSSR count). The SMILES string of the molecule is C[C@@]1(C(=O)O)C[C@@](C)(O)N2C=Nc3c(ncn3C3CC(O)C(CO)O3)C2=N1. The molecule has 5 atom stereocenters. The van der Waals surface area contributed by atoms with Crippen LogP contribution in [0.5, 0.6) is 0 Å². The Morgan fingerprint density at radius 2 is 2.19 bits per heavy atom. The summed E-state index contributed by atoms with van der Waals surface area (Å²) in [5.74, 6) is -0.560. The van der Waals surface area contributed by atoms with E-state index in [1.165, 1.54) is 31.4 Å². The number of hydrogen-bond acceptors (Lipinski definition) is 9. The Morgan fingerprint density at radius 3 is 2.81 bits per heavy atom. The lowest BCUT2D eigenvalue weighted by atomic mass is 9.88. The second kappa shape index (κ2) is 5.83. The van der Waals surface area contributed by atoms with Crippen LogP contribution in [0.3, 0.4) is 0 Å². The smallest absolute Gasteiger partial charge is 0.331 e. The highest BCUT2D eigenvalue weighted by Gasteiger charge is 2.50. The van der Waals surface area contributed by atoms with Crippen molar-refractivity contribution in [2.75, 3.05) is 6.61 Å². The minimum absolute atomic E-state index is 0.114. The summed E-state index contributed by atoms with van der Waals surface area (Å²) in [6.45, 7) is 2.64. The molecule has 0 aliphatic carbocycles. The molecule has 3 aliphatic heterocycles.